The van der Waals surface area contributed by atoms with Gasteiger partial charge in [-0.25, -0.2) is 5.06 Å². The Morgan fingerprint density at radius 2 is 2.14 bits per heavy atom. The lowest BCUT2D eigenvalue weighted by atomic mass is 9.61. The van der Waals surface area contributed by atoms with E-state index in [1.807, 2.05) is 18.2 Å². The lowest BCUT2D eigenvalue weighted by Gasteiger charge is -2.44. The van der Waals surface area contributed by atoms with Gasteiger partial charge >= 0.3 is 0 Å². The summed E-state index contributed by atoms with van der Waals surface area (Å²) in [5, 5.41) is 12.1. The fraction of sp³-hybridized carbons (Fsp3) is 0.360. The van der Waals surface area contributed by atoms with Crippen molar-refractivity contribution in [3.05, 3.63) is 79.1 Å². The molecule has 1 saturated carbocycles. The zero-order valence-corrected chi connectivity index (χ0v) is 17.4. The first-order valence-electron chi connectivity index (χ1n) is 10.1. The Hall–Kier alpha value is -2.72. The molecule has 4 heteroatoms. The van der Waals surface area contributed by atoms with Crippen molar-refractivity contribution in [1.82, 2.24) is 10.0 Å². The summed E-state index contributed by atoms with van der Waals surface area (Å²) in [4.78, 5) is 17.0. The minimum absolute atomic E-state index is 0.0382. The molecule has 3 atom stereocenters. The van der Waals surface area contributed by atoms with Crippen LogP contribution < -0.4 is 0 Å². The zero-order chi connectivity index (χ0) is 21.2. The average molecular weight is 391 g/mol. The van der Waals surface area contributed by atoms with Crippen molar-refractivity contribution in [1.29, 1.82) is 0 Å². The normalized spacial score (nSPS) is 24.1. The molecular weight excluding hydrogens is 360 g/mol. The molecule has 1 N–H and O–H groups in total. The molecule has 0 saturated heterocycles. The lowest BCUT2D eigenvalue weighted by molar-refractivity contribution is -0.0532. The number of rotatable bonds is 6. The maximum absolute atomic E-state index is 12.7. The molecule has 0 unspecified atom stereocenters. The van der Waals surface area contributed by atoms with E-state index in [0.29, 0.717) is 11.5 Å². The molecule has 0 aliphatic heterocycles. The number of allylic oxidation sites excluding steroid dienone is 2. The predicted molar refractivity (Wildman–Crippen MR) is 118 cm³/mol. The third-order valence-electron chi connectivity index (χ3n) is 6.42. The summed E-state index contributed by atoms with van der Waals surface area (Å²) < 4.78 is 0. The Morgan fingerprint density at radius 3 is 2.83 bits per heavy atom. The molecule has 1 aromatic carbocycles. The summed E-state index contributed by atoms with van der Waals surface area (Å²) in [7, 11) is 0. The number of pyridine rings is 1. The highest BCUT2D eigenvalue weighted by Gasteiger charge is 2.39. The van der Waals surface area contributed by atoms with Crippen LogP contribution in [0, 0.1) is 17.3 Å². The standard InChI is InChI=1S/C25H30N2O2/c1-6-25(5)12-11-19(15-22(25)17(2)3)18(4)16-27(29)24(28)21-9-10-23-20(14-21)8-7-13-26-23/h6-10,13-14,19,22,29H,1-2,4,11-12,15-16H2,3,5H3/t19-,22+,25-/m1/s1. The van der Waals surface area contributed by atoms with E-state index >= 15 is 0 Å². The molecule has 0 bridgehead atoms. The quantitative estimate of drug-likeness (QED) is 0.385. The number of benzene rings is 1. The molecule has 1 aliphatic rings. The number of hydroxylamine groups is 2. The second kappa shape index (κ2) is 8.34. The number of hydrogen-bond acceptors (Lipinski definition) is 3. The summed E-state index contributed by atoms with van der Waals surface area (Å²) in [5.41, 5.74) is 3.31. The molecule has 1 aromatic heterocycles. The van der Waals surface area contributed by atoms with E-state index in [1.165, 1.54) is 0 Å². The van der Waals surface area contributed by atoms with Crippen LogP contribution in [0.4, 0.5) is 0 Å². The van der Waals surface area contributed by atoms with Gasteiger partial charge in [-0.05, 0) is 67.7 Å². The van der Waals surface area contributed by atoms with E-state index in [-0.39, 0.29) is 17.9 Å². The Labute approximate surface area is 173 Å². The van der Waals surface area contributed by atoms with Crippen molar-refractivity contribution >= 4 is 16.8 Å². The van der Waals surface area contributed by atoms with Crippen LogP contribution in [-0.4, -0.2) is 27.7 Å². The first kappa shape index (κ1) is 21.0. The average Bonchev–Trinajstić information content (AvgIpc) is 2.72. The number of carbonyl (C=O) groups is 1. The molecule has 3 rings (SSSR count). The number of fused-ring (bicyclic) bond motifs is 1. The van der Waals surface area contributed by atoms with Crippen molar-refractivity contribution in [3.8, 4) is 0 Å². The molecule has 29 heavy (non-hydrogen) atoms. The van der Waals surface area contributed by atoms with E-state index in [0.717, 1.165) is 46.4 Å². The summed E-state index contributed by atoms with van der Waals surface area (Å²) in [6, 6.07) is 8.96. The maximum Gasteiger partial charge on any atom is 0.277 e. The van der Waals surface area contributed by atoms with Gasteiger partial charge in [0.15, 0.2) is 0 Å². The van der Waals surface area contributed by atoms with Crippen molar-refractivity contribution in [2.24, 2.45) is 17.3 Å². The smallest absolute Gasteiger partial charge is 0.277 e. The van der Waals surface area contributed by atoms with Gasteiger partial charge < -0.3 is 0 Å². The van der Waals surface area contributed by atoms with Gasteiger partial charge in [0.2, 0.25) is 0 Å². The first-order valence-corrected chi connectivity index (χ1v) is 10.1. The molecule has 1 heterocycles. The number of carbonyl (C=O) groups excluding carboxylic acids is 1. The minimum Gasteiger partial charge on any atom is -0.285 e. The van der Waals surface area contributed by atoms with Gasteiger partial charge in [0.05, 0.1) is 12.1 Å². The Morgan fingerprint density at radius 1 is 1.38 bits per heavy atom. The SMILES string of the molecule is C=C[C@]1(C)CC[C@@H](C(=C)CN(O)C(=O)c2ccc3ncccc3c2)C[C@H]1C(=C)C. The van der Waals surface area contributed by atoms with Crippen molar-refractivity contribution < 1.29 is 10.0 Å². The van der Waals surface area contributed by atoms with Crippen LogP contribution in [0.5, 0.6) is 0 Å². The Bertz CT molecular complexity index is 964. The predicted octanol–water partition coefficient (Wildman–Crippen LogP) is 5.81. The summed E-state index contributed by atoms with van der Waals surface area (Å²) in [6.45, 7) is 16.8. The largest absolute Gasteiger partial charge is 0.285 e. The second-order valence-corrected chi connectivity index (χ2v) is 8.51. The van der Waals surface area contributed by atoms with E-state index in [4.69, 9.17) is 0 Å². The summed E-state index contributed by atoms with van der Waals surface area (Å²) >= 11 is 0. The molecule has 4 nitrogen and oxygen atoms in total. The maximum atomic E-state index is 12.7. The molecule has 1 amide bonds. The molecular formula is C25H30N2O2. The van der Waals surface area contributed by atoms with Gasteiger partial charge in [-0.3, -0.25) is 15.0 Å². The van der Waals surface area contributed by atoms with Crippen molar-refractivity contribution in [2.45, 2.75) is 33.1 Å². The summed E-state index contributed by atoms with van der Waals surface area (Å²) in [5.74, 6) is 0.138. The molecule has 0 spiro atoms. The highest BCUT2D eigenvalue weighted by atomic mass is 16.5. The van der Waals surface area contributed by atoms with Crippen LogP contribution in [0.25, 0.3) is 10.9 Å². The van der Waals surface area contributed by atoms with Crippen LogP contribution in [0.15, 0.2) is 73.5 Å². The third kappa shape index (κ3) is 4.33. The van der Waals surface area contributed by atoms with Gasteiger partial charge in [0.25, 0.3) is 5.91 Å². The molecule has 152 valence electrons. The minimum atomic E-state index is -0.430. The van der Waals surface area contributed by atoms with E-state index < -0.39 is 5.91 Å². The van der Waals surface area contributed by atoms with Gasteiger partial charge in [0.1, 0.15) is 0 Å². The second-order valence-electron chi connectivity index (χ2n) is 8.51. The first-order chi connectivity index (χ1) is 13.7. The van der Waals surface area contributed by atoms with Gasteiger partial charge in [-0.15, -0.1) is 6.58 Å². The van der Waals surface area contributed by atoms with Crippen molar-refractivity contribution in [3.63, 3.8) is 0 Å². The third-order valence-corrected chi connectivity index (χ3v) is 6.42. The molecule has 2 aromatic rings. The summed E-state index contributed by atoms with van der Waals surface area (Å²) in [6.07, 6.45) is 6.64. The van der Waals surface area contributed by atoms with Gasteiger partial charge in [-0.2, -0.15) is 0 Å². The molecule has 0 radical (unpaired) electrons. The monoisotopic (exact) mass is 390 g/mol. The zero-order valence-electron chi connectivity index (χ0n) is 17.4. The van der Waals surface area contributed by atoms with Crippen LogP contribution in [0.2, 0.25) is 0 Å². The topological polar surface area (TPSA) is 53.4 Å². The van der Waals surface area contributed by atoms with E-state index in [1.54, 1.807) is 24.4 Å². The number of aromatic nitrogens is 1. The number of hydrogen-bond donors (Lipinski definition) is 1. The van der Waals surface area contributed by atoms with Gasteiger partial charge in [-0.1, -0.05) is 43.4 Å². The van der Waals surface area contributed by atoms with Gasteiger partial charge in [0, 0.05) is 17.1 Å². The Balaban J connectivity index is 1.68. The highest BCUT2D eigenvalue weighted by Crippen LogP contribution is 2.48. The van der Waals surface area contributed by atoms with Crippen LogP contribution in [0.3, 0.4) is 0 Å². The number of amides is 1. The number of nitrogens with zero attached hydrogens (tertiary/aromatic N) is 2. The van der Waals surface area contributed by atoms with Crippen LogP contribution >= 0.6 is 0 Å². The lowest BCUT2D eigenvalue weighted by Crippen LogP contribution is -2.36. The van der Waals surface area contributed by atoms with Crippen LogP contribution in [0.1, 0.15) is 43.5 Å². The van der Waals surface area contributed by atoms with Crippen LogP contribution in [-0.2, 0) is 0 Å². The fourth-order valence-corrected chi connectivity index (χ4v) is 4.46. The fourth-order valence-electron chi connectivity index (χ4n) is 4.46. The van der Waals surface area contributed by atoms with E-state index in [2.05, 4.69) is 38.6 Å². The van der Waals surface area contributed by atoms with E-state index in [9.17, 15) is 10.0 Å². The molecule has 1 fully saturated rings. The Kier molecular flexibility index (Phi) is 6.04. The highest BCUT2D eigenvalue weighted by molar-refractivity contribution is 5.97. The molecule has 1 aliphatic carbocycles. The van der Waals surface area contributed by atoms with Crippen molar-refractivity contribution in [2.75, 3.05) is 6.54 Å².